The molecule has 1 aliphatic rings. The van der Waals surface area contributed by atoms with Crippen molar-refractivity contribution >= 4 is 34.0 Å². The number of halogens is 1. The summed E-state index contributed by atoms with van der Waals surface area (Å²) in [5.74, 6) is 0.317. The summed E-state index contributed by atoms with van der Waals surface area (Å²) >= 11 is 0. The second kappa shape index (κ2) is 12.8. The Morgan fingerprint density at radius 2 is 1.58 bits per heavy atom. The fraction of sp³-hybridized carbons (Fsp3) is 0.296. The van der Waals surface area contributed by atoms with E-state index in [0.29, 0.717) is 17.9 Å². The molecule has 192 valence electrons. The van der Waals surface area contributed by atoms with Gasteiger partial charge in [0.15, 0.2) is 0 Å². The number of hydrogen-bond donors (Lipinski definition) is 2. The Bertz CT molecular complexity index is 1230. The predicted molar refractivity (Wildman–Crippen MR) is 144 cm³/mol. The minimum Gasteiger partial charge on any atom is -0.494 e. The summed E-state index contributed by atoms with van der Waals surface area (Å²) in [7, 11) is -3.86. The molecule has 0 atom stereocenters. The highest BCUT2D eigenvalue weighted by Gasteiger charge is 2.23. The Morgan fingerprint density at radius 3 is 2.25 bits per heavy atom. The Balaban J connectivity index is 0.00000361. The van der Waals surface area contributed by atoms with E-state index in [1.54, 1.807) is 36.4 Å². The Hall–Kier alpha value is -3.07. The van der Waals surface area contributed by atoms with E-state index < -0.39 is 10.0 Å². The van der Waals surface area contributed by atoms with Crippen LogP contribution in [-0.2, 0) is 16.6 Å². The van der Waals surface area contributed by atoms with Gasteiger partial charge in [-0.3, -0.25) is 14.4 Å². The van der Waals surface area contributed by atoms with Gasteiger partial charge in [0, 0.05) is 25.7 Å². The van der Waals surface area contributed by atoms with Crippen LogP contribution in [0, 0.1) is 0 Å². The molecule has 1 amide bonds. The molecule has 7 nitrogen and oxygen atoms in total. The molecule has 1 aliphatic heterocycles. The molecule has 0 unspecified atom stereocenters. The second-order valence-electron chi connectivity index (χ2n) is 8.56. The number of carbonyl (C=O) groups excluding carboxylic acids is 1. The van der Waals surface area contributed by atoms with Gasteiger partial charge in [-0.1, -0.05) is 42.5 Å². The smallest absolute Gasteiger partial charge is 0.261 e. The molecule has 2 N–H and O–H groups in total. The highest BCUT2D eigenvalue weighted by molar-refractivity contribution is 7.92. The molecule has 0 saturated carbocycles. The first-order valence-electron chi connectivity index (χ1n) is 11.9. The van der Waals surface area contributed by atoms with E-state index in [1.165, 1.54) is 17.7 Å². The number of hydrogen-bond acceptors (Lipinski definition) is 5. The molecule has 1 saturated heterocycles. The van der Waals surface area contributed by atoms with Gasteiger partial charge in [-0.15, -0.1) is 12.4 Å². The molecular weight excluding hydrogens is 498 g/mol. The van der Waals surface area contributed by atoms with Gasteiger partial charge in [-0.2, -0.15) is 0 Å². The fourth-order valence-electron chi connectivity index (χ4n) is 4.20. The van der Waals surface area contributed by atoms with E-state index in [4.69, 9.17) is 4.74 Å². The van der Waals surface area contributed by atoms with E-state index >= 15 is 0 Å². The van der Waals surface area contributed by atoms with Crippen LogP contribution in [0.5, 0.6) is 5.75 Å². The summed E-state index contributed by atoms with van der Waals surface area (Å²) in [4.78, 5) is 15.6. The zero-order valence-corrected chi connectivity index (χ0v) is 21.9. The van der Waals surface area contributed by atoms with E-state index in [1.807, 2.05) is 25.1 Å². The van der Waals surface area contributed by atoms with Gasteiger partial charge < -0.3 is 10.1 Å². The first-order chi connectivity index (χ1) is 16.9. The number of nitrogens with zero attached hydrogens (tertiary/aromatic N) is 1. The van der Waals surface area contributed by atoms with Gasteiger partial charge >= 0.3 is 0 Å². The summed E-state index contributed by atoms with van der Waals surface area (Å²) in [6.07, 6.45) is 1.69. The van der Waals surface area contributed by atoms with Gasteiger partial charge in [0.05, 0.1) is 22.8 Å². The van der Waals surface area contributed by atoms with Crippen molar-refractivity contribution in [3.63, 3.8) is 0 Å². The van der Waals surface area contributed by atoms with Crippen LogP contribution in [0.2, 0.25) is 0 Å². The molecule has 36 heavy (non-hydrogen) atoms. The van der Waals surface area contributed by atoms with Gasteiger partial charge in [0.2, 0.25) is 0 Å². The van der Waals surface area contributed by atoms with Gasteiger partial charge in [-0.05, 0) is 61.7 Å². The summed E-state index contributed by atoms with van der Waals surface area (Å²) in [6, 6.07) is 23.3. The van der Waals surface area contributed by atoms with Gasteiger partial charge in [-0.25, -0.2) is 8.42 Å². The normalized spacial score (nSPS) is 14.5. The highest BCUT2D eigenvalue weighted by Crippen LogP contribution is 2.23. The molecular formula is C27H32ClN3O4S. The number of nitrogens with one attached hydrogen (secondary N) is 2. The van der Waals surface area contributed by atoms with Crippen LogP contribution in [-0.4, -0.2) is 45.0 Å². The number of rotatable bonds is 9. The molecule has 1 fully saturated rings. The first kappa shape index (κ1) is 27.5. The van der Waals surface area contributed by atoms with Crippen LogP contribution in [0.1, 0.15) is 35.7 Å². The minimum atomic E-state index is -3.86. The lowest BCUT2D eigenvalue weighted by atomic mass is 10.0. The van der Waals surface area contributed by atoms with Crippen molar-refractivity contribution in [3.8, 4) is 5.75 Å². The van der Waals surface area contributed by atoms with E-state index in [2.05, 4.69) is 27.1 Å². The Labute approximate surface area is 219 Å². The van der Waals surface area contributed by atoms with Crippen molar-refractivity contribution in [2.75, 3.05) is 24.4 Å². The molecule has 9 heteroatoms. The van der Waals surface area contributed by atoms with Crippen LogP contribution in [0.15, 0.2) is 83.8 Å². The van der Waals surface area contributed by atoms with Gasteiger partial charge in [0.1, 0.15) is 5.75 Å². The molecule has 0 aromatic heterocycles. The molecule has 0 radical (unpaired) electrons. The minimum absolute atomic E-state index is 0. The number of anilines is 1. The average molecular weight is 530 g/mol. The monoisotopic (exact) mass is 529 g/mol. The Morgan fingerprint density at radius 1 is 0.944 bits per heavy atom. The van der Waals surface area contributed by atoms with Crippen molar-refractivity contribution in [3.05, 3.63) is 90.0 Å². The van der Waals surface area contributed by atoms with Crippen LogP contribution in [0.25, 0.3) is 0 Å². The predicted octanol–water partition coefficient (Wildman–Crippen LogP) is 4.70. The number of piperidine rings is 1. The molecule has 3 aromatic carbocycles. The third-order valence-electron chi connectivity index (χ3n) is 6.03. The lowest BCUT2D eigenvalue weighted by Crippen LogP contribution is -2.44. The fourth-order valence-corrected chi connectivity index (χ4v) is 5.28. The molecule has 3 aromatic rings. The lowest BCUT2D eigenvalue weighted by molar-refractivity contribution is 0.0910. The summed E-state index contributed by atoms with van der Waals surface area (Å²) in [5, 5.41) is 3.09. The molecule has 4 rings (SSSR count). The highest BCUT2D eigenvalue weighted by atomic mass is 35.5. The van der Waals surface area contributed by atoms with Gasteiger partial charge in [0.25, 0.3) is 15.9 Å². The summed E-state index contributed by atoms with van der Waals surface area (Å²) < 4.78 is 33.8. The maximum absolute atomic E-state index is 13.1. The number of benzene rings is 3. The zero-order chi connectivity index (χ0) is 24.7. The number of ether oxygens (including phenoxy) is 1. The zero-order valence-electron chi connectivity index (χ0n) is 20.2. The van der Waals surface area contributed by atoms with Crippen LogP contribution in [0.4, 0.5) is 5.69 Å². The number of likely N-dealkylation sites (tertiary alicyclic amines) is 1. The number of sulfonamides is 1. The maximum Gasteiger partial charge on any atom is 0.261 e. The maximum atomic E-state index is 13.1. The largest absolute Gasteiger partial charge is 0.494 e. The number of carbonyl (C=O) groups is 1. The quantitative estimate of drug-likeness (QED) is 0.419. The standard InChI is InChI=1S/C27H31N3O4S.ClH/c1-2-34-23-12-14-24(15-13-23)35(32,33)29-26-11-7-6-10-25(26)27(31)28-22-16-18-30(19-17-22)20-21-8-4-3-5-9-21;/h3-15,22,29H,2,16-20H2,1H3,(H,28,31);1H. The summed E-state index contributed by atoms with van der Waals surface area (Å²) in [5.41, 5.74) is 1.83. The van der Waals surface area contributed by atoms with Crippen molar-refractivity contribution < 1.29 is 17.9 Å². The van der Waals surface area contributed by atoms with E-state index in [0.717, 1.165) is 32.5 Å². The average Bonchev–Trinajstić information content (AvgIpc) is 2.86. The van der Waals surface area contributed by atoms with Crippen molar-refractivity contribution in [1.29, 1.82) is 0 Å². The molecule has 0 bridgehead atoms. The lowest BCUT2D eigenvalue weighted by Gasteiger charge is -2.32. The topological polar surface area (TPSA) is 87.7 Å². The molecule has 1 heterocycles. The SMILES string of the molecule is CCOc1ccc(S(=O)(=O)Nc2ccccc2C(=O)NC2CCN(Cc3ccccc3)CC2)cc1.Cl. The Kier molecular flexibility index (Phi) is 9.75. The van der Waals surface area contributed by atoms with E-state index in [-0.39, 0.29) is 34.9 Å². The van der Waals surface area contributed by atoms with E-state index in [9.17, 15) is 13.2 Å². The van der Waals surface area contributed by atoms with Crippen molar-refractivity contribution in [2.24, 2.45) is 0 Å². The molecule has 0 spiro atoms. The van der Waals surface area contributed by atoms with Crippen LogP contribution >= 0.6 is 12.4 Å². The summed E-state index contributed by atoms with van der Waals surface area (Å²) in [6.45, 7) is 5.05. The van der Waals surface area contributed by atoms with Crippen molar-refractivity contribution in [1.82, 2.24) is 10.2 Å². The van der Waals surface area contributed by atoms with Crippen LogP contribution in [0.3, 0.4) is 0 Å². The number of para-hydroxylation sites is 1. The number of amides is 1. The second-order valence-corrected chi connectivity index (χ2v) is 10.2. The van der Waals surface area contributed by atoms with Crippen molar-refractivity contribution in [2.45, 2.75) is 37.2 Å². The molecule has 0 aliphatic carbocycles. The first-order valence-corrected chi connectivity index (χ1v) is 13.3. The third kappa shape index (κ3) is 7.22. The third-order valence-corrected chi connectivity index (χ3v) is 7.41. The van der Waals surface area contributed by atoms with Crippen LogP contribution < -0.4 is 14.8 Å².